The summed E-state index contributed by atoms with van der Waals surface area (Å²) in [5, 5.41) is 5.64. The van der Waals surface area contributed by atoms with Gasteiger partial charge in [0.1, 0.15) is 6.04 Å². The second-order valence-electron chi connectivity index (χ2n) is 4.47. The van der Waals surface area contributed by atoms with Gasteiger partial charge in [-0.05, 0) is 12.0 Å². The van der Waals surface area contributed by atoms with E-state index in [1.54, 1.807) is 11.8 Å². The SMILES string of the molecule is O=C1CCSC[C@@H](C(=O)NCCc2ccccc2)N1. The summed E-state index contributed by atoms with van der Waals surface area (Å²) in [5.41, 5.74) is 1.20. The van der Waals surface area contributed by atoms with Crippen molar-refractivity contribution in [3.8, 4) is 0 Å². The Kier molecular flexibility index (Phi) is 5.27. The quantitative estimate of drug-likeness (QED) is 0.863. The van der Waals surface area contributed by atoms with Crippen molar-refractivity contribution in [3.63, 3.8) is 0 Å². The lowest BCUT2D eigenvalue weighted by atomic mass is 10.1. The molecule has 1 saturated heterocycles. The van der Waals surface area contributed by atoms with Gasteiger partial charge in [-0.1, -0.05) is 30.3 Å². The molecule has 0 aliphatic carbocycles. The van der Waals surface area contributed by atoms with Crippen LogP contribution in [0.2, 0.25) is 0 Å². The maximum absolute atomic E-state index is 11.9. The van der Waals surface area contributed by atoms with E-state index in [0.29, 0.717) is 18.7 Å². The number of rotatable bonds is 4. The maximum atomic E-state index is 11.9. The number of thioether (sulfide) groups is 1. The van der Waals surface area contributed by atoms with Gasteiger partial charge in [-0.2, -0.15) is 11.8 Å². The predicted octanol–water partition coefficient (Wildman–Crippen LogP) is 0.967. The van der Waals surface area contributed by atoms with Crippen LogP contribution in [0.15, 0.2) is 30.3 Å². The summed E-state index contributed by atoms with van der Waals surface area (Å²) in [6, 6.07) is 9.62. The van der Waals surface area contributed by atoms with E-state index < -0.39 is 6.04 Å². The van der Waals surface area contributed by atoms with Crippen LogP contribution in [0, 0.1) is 0 Å². The van der Waals surface area contributed by atoms with E-state index in [2.05, 4.69) is 10.6 Å². The van der Waals surface area contributed by atoms with Crippen molar-refractivity contribution >= 4 is 23.6 Å². The molecule has 1 aromatic carbocycles. The van der Waals surface area contributed by atoms with Gasteiger partial charge in [0.05, 0.1) is 0 Å². The van der Waals surface area contributed by atoms with E-state index in [4.69, 9.17) is 0 Å². The van der Waals surface area contributed by atoms with E-state index in [1.165, 1.54) is 5.56 Å². The Labute approximate surface area is 117 Å². The molecule has 1 atom stereocenters. The zero-order valence-corrected chi connectivity index (χ0v) is 11.5. The summed E-state index contributed by atoms with van der Waals surface area (Å²) < 4.78 is 0. The average molecular weight is 278 g/mol. The van der Waals surface area contributed by atoms with Crippen LogP contribution in [0.1, 0.15) is 12.0 Å². The first-order chi connectivity index (χ1) is 9.25. The van der Waals surface area contributed by atoms with Gasteiger partial charge in [0, 0.05) is 24.5 Å². The molecule has 4 nitrogen and oxygen atoms in total. The Balaban J connectivity index is 1.76. The zero-order valence-electron chi connectivity index (χ0n) is 10.7. The molecule has 0 radical (unpaired) electrons. The summed E-state index contributed by atoms with van der Waals surface area (Å²) in [6.07, 6.45) is 1.30. The summed E-state index contributed by atoms with van der Waals surface area (Å²) in [6.45, 7) is 0.597. The largest absolute Gasteiger partial charge is 0.354 e. The topological polar surface area (TPSA) is 58.2 Å². The number of carbonyl (C=O) groups excluding carboxylic acids is 2. The third-order valence-corrected chi connectivity index (χ3v) is 4.03. The molecule has 102 valence electrons. The lowest BCUT2D eigenvalue weighted by molar-refractivity contribution is -0.128. The van der Waals surface area contributed by atoms with Crippen LogP contribution >= 0.6 is 11.8 Å². The normalized spacial score (nSPS) is 19.4. The molecule has 1 aromatic rings. The van der Waals surface area contributed by atoms with E-state index in [9.17, 15) is 9.59 Å². The van der Waals surface area contributed by atoms with Gasteiger partial charge in [0.15, 0.2) is 0 Å². The summed E-state index contributed by atoms with van der Waals surface area (Å²) in [7, 11) is 0. The number of nitrogens with one attached hydrogen (secondary N) is 2. The number of hydrogen-bond acceptors (Lipinski definition) is 3. The minimum atomic E-state index is -0.393. The molecule has 2 rings (SSSR count). The molecule has 0 saturated carbocycles. The highest BCUT2D eigenvalue weighted by Gasteiger charge is 2.22. The molecule has 2 amide bonds. The summed E-state index contributed by atoms with van der Waals surface area (Å²) in [4.78, 5) is 23.3. The van der Waals surface area contributed by atoms with Crippen molar-refractivity contribution in [1.29, 1.82) is 0 Å². The van der Waals surface area contributed by atoms with Crippen molar-refractivity contribution in [1.82, 2.24) is 10.6 Å². The number of amides is 2. The van der Waals surface area contributed by atoms with E-state index in [1.807, 2.05) is 30.3 Å². The fourth-order valence-electron chi connectivity index (χ4n) is 1.91. The van der Waals surface area contributed by atoms with Gasteiger partial charge in [0.25, 0.3) is 0 Å². The highest BCUT2D eigenvalue weighted by atomic mass is 32.2. The highest BCUT2D eigenvalue weighted by Crippen LogP contribution is 2.09. The molecule has 19 heavy (non-hydrogen) atoms. The second-order valence-corrected chi connectivity index (χ2v) is 5.62. The van der Waals surface area contributed by atoms with Crippen molar-refractivity contribution in [2.45, 2.75) is 18.9 Å². The van der Waals surface area contributed by atoms with Crippen LogP contribution in [0.3, 0.4) is 0 Å². The molecular formula is C14H18N2O2S. The second kappa shape index (κ2) is 7.19. The number of carbonyl (C=O) groups is 2. The Morgan fingerprint density at radius 2 is 2.16 bits per heavy atom. The predicted molar refractivity (Wildman–Crippen MR) is 77.0 cm³/mol. The lowest BCUT2D eigenvalue weighted by Crippen LogP contribution is -2.47. The Morgan fingerprint density at radius 3 is 2.95 bits per heavy atom. The monoisotopic (exact) mass is 278 g/mol. The minimum Gasteiger partial charge on any atom is -0.354 e. The van der Waals surface area contributed by atoms with E-state index >= 15 is 0 Å². The fraction of sp³-hybridized carbons (Fsp3) is 0.429. The number of hydrogen-bond donors (Lipinski definition) is 2. The molecule has 0 aromatic heterocycles. The average Bonchev–Trinajstić information content (AvgIpc) is 2.64. The third kappa shape index (κ3) is 4.59. The lowest BCUT2D eigenvalue weighted by Gasteiger charge is -2.15. The zero-order chi connectivity index (χ0) is 13.5. The Hall–Kier alpha value is -1.49. The van der Waals surface area contributed by atoms with Crippen molar-refractivity contribution in [2.75, 3.05) is 18.1 Å². The highest BCUT2D eigenvalue weighted by molar-refractivity contribution is 7.99. The molecule has 0 unspecified atom stereocenters. The van der Waals surface area contributed by atoms with Gasteiger partial charge in [-0.15, -0.1) is 0 Å². The Morgan fingerprint density at radius 1 is 1.37 bits per heavy atom. The molecule has 1 heterocycles. The van der Waals surface area contributed by atoms with Crippen LogP contribution in [0.25, 0.3) is 0 Å². The third-order valence-electron chi connectivity index (χ3n) is 2.97. The molecule has 1 aliphatic heterocycles. The van der Waals surface area contributed by atoms with Crippen LogP contribution < -0.4 is 10.6 Å². The van der Waals surface area contributed by atoms with Crippen LogP contribution in [0.5, 0.6) is 0 Å². The van der Waals surface area contributed by atoms with E-state index in [0.717, 1.165) is 12.2 Å². The molecule has 0 bridgehead atoms. The van der Waals surface area contributed by atoms with Crippen LogP contribution in [-0.4, -0.2) is 35.9 Å². The molecule has 0 spiro atoms. The van der Waals surface area contributed by atoms with Gasteiger partial charge in [0.2, 0.25) is 11.8 Å². The molecule has 2 N–H and O–H groups in total. The first kappa shape index (κ1) is 13.9. The van der Waals surface area contributed by atoms with Crippen molar-refractivity contribution < 1.29 is 9.59 Å². The first-order valence-electron chi connectivity index (χ1n) is 6.44. The Bertz CT molecular complexity index is 436. The van der Waals surface area contributed by atoms with Gasteiger partial charge < -0.3 is 10.6 Å². The standard InChI is InChI=1S/C14H18N2O2S/c17-13-7-9-19-10-12(16-13)14(18)15-8-6-11-4-2-1-3-5-11/h1-5,12H,6-10H2,(H,15,18)(H,16,17)/t12-/m0/s1. The first-order valence-corrected chi connectivity index (χ1v) is 7.60. The van der Waals surface area contributed by atoms with Gasteiger partial charge in [-0.3, -0.25) is 9.59 Å². The summed E-state index contributed by atoms with van der Waals surface area (Å²) in [5.74, 6) is 1.33. The van der Waals surface area contributed by atoms with Crippen LogP contribution in [0.4, 0.5) is 0 Å². The molecular weight excluding hydrogens is 260 g/mol. The van der Waals surface area contributed by atoms with Crippen LogP contribution in [-0.2, 0) is 16.0 Å². The molecule has 1 fully saturated rings. The fourth-order valence-corrected chi connectivity index (χ4v) is 2.88. The minimum absolute atomic E-state index is 0.0341. The van der Waals surface area contributed by atoms with Crippen molar-refractivity contribution in [3.05, 3.63) is 35.9 Å². The smallest absolute Gasteiger partial charge is 0.243 e. The van der Waals surface area contributed by atoms with Gasteiger partial charge in [-0.25, -0.2) is 0 Å². The summed E-state index contributed by atoms with van der Waals surface area (Å²) >= 11 is 1.64. The van der Waals surface area contributed by atoms with E-state index in [-0.39, 0.29) is 11.8 Å². The van der Waals surface area contributed by atoms with Crippen molar-refractivity contribution in [2.24, 2.45) is 0 Å². The van der Waals surface area contributed by atoms with Gasteiger partial charge >= 0.3 is 0 Å². The molecule has 1 aliphatic rings. The maximum Gasteiger partial charge on any atom is 0.243 e. The molecule has 5 heteroatoms. The number of benzene rings is 1.